The van der Waals surface area contributed by atoms with E-state index in [2.05, 4.69) is 29.6 Å². The number of anilines is 2. The van der Waals surface area contributed by atoms with Crippen molar-refractivity contribution in [3.63, 3.8) is 0 Å². The van der Waals surface area contributed by atoms with Gasteiger partial charge in [0.05, 0.1) is 11.4 Å². The second-order valence-corrected chi connectivity index (χ2v) is 5.69. The topological polar surface area (TPSA) is 37.8 Å². The van der Waals surface area contributed by atoms with Gasteiger partial charge in [0.25, 0.3) is 0 Å². The summed E-state index contributed by atoms with van der Waals surface area (Å²) in [6.07, 6.45) is 0. The first-order valence-electron chi connectivity index (χ1n) is 8.20. The molecule has 25 heavy (non-hydrogen) atoms. The first-order valence-corrected chi connectivity index (χ1v) is 8.20. The zero-order chi connectivity index (χ0) is 16.9. The van der Waals surface area contributed by atoms with Crippen molar-refractivity contribution < 1.29 is 0 Å². The lowest BCUT2D eigenvalue weighted by atomic mass is 10.1. The lowest BCUT2D eigenvalue weighted by molar-refractivity contribution is 1.17. The molecule has 0 saturated heterocycles. The third-order valence-corrected chi connectivity index (χ3v) is 3.90. The Balaban J connectivity index is 1.80. The Morgan fingerprint density at radius 1 is 0.520 bits per heavy atom. The summed E-state index contributed by atoms with van der Waals surface area (Å²) in [5.74, 6) is 0.589. The molecule has 1 heterocycles. The van der Waals surface area contributed by atoms with E-state index in [0.29, 0.717) is 5.95 Å². The second kappa shape index (κ2) is 6.97. The van der Waals surface area contributed by atoms with Crippen LogP contribution in [0.1, 0.15) is 0 Å². The van der Waals surface area contributed by atoms with Crippen LogP contribution in [0.2, 0.25) is 0 Å². The highest BCUT2D eigenvalue weighted by Crippen LogP contribution is 2.26. The molecule has 0 atom stereocenters. The van der Waals surface area contributed by atoms with Crippen molar-refractivity contribution in [1.29, 1.82) is 0 Å². The maximum Gasteiger partial charge on any atom is 0.228 e. The third-order valence-electron chi connectivity index (χ3n) is 3.90. The Bertz CT molecular complexity index is 894. The fourth-order valence-electron chi connectivity index (χ4n) is 2.67. The molecule has 120 valence electrons. The van der Waals surface area contributed by atoms with Crippen molar-refractivity contribution in [1.82, 2.24) is 9.97 Å². The molecule has 0 amide bonds. The van der Waals surface area contributed by atoms with Crippen molar-refractivity contribution in [2.45, 2.75) is 0 Å². The van der Waals surface area contributed by atoms with Gasteiger partial charge in [-0.15, -0.1) is 0 Å². The van der Waals surface area contributed by atoms with E-state index >= 15 is 0 Å². The summed E-state index contributed by atoms with van der Waals surface area (Å²) < 4.78 is 0. The van der Waals surface area contributed by atoms with Crippen LogP contribution >= 0.6 is 0 Å². The van der Waals surface area contributed by atoms with E-state index in [0.717, 1.165) is 28.2 Å². The van der Waals surface area contributed by atoms with Gasteiger partial charge in [0.15, 0.2) is 0 Å². The molecule has 0 aliphatic carbocycles. The molecule has 3 heteroatoms. The van der Waals surface area contributed by atoms with Crippen LogP contribution in [0.15, 0.2) is 97.1 Å². The van der Waals surface area contributed by atoms with Crippen LogP contribution < -0.4 is 5.32 Å². The average molecular weight is 323 g/mol. The van der Waals surface area contributed by atoms with E-state index in [1.54, 1.807) is 0 Å². The third kappa shape index (κ3) is 3.56. The summed E-state index contributed by atoms with van der Waals surface area (Å²) in [5.41, 5.74) is 4.89. The fraction of sp³-hybridized carbons (Fsp3) is 0. The quantitative estimate of drug-likeness (QED) is 0.535. The monoisotopic (exact) mass is 323 g/mol. The molecule has 0 aliphatic heterocycles. The van der Waals surface area contributed by atoms with Gasteiger partial charge in [-0.3, -0.25) is 0 Å². The van der Waals surface area contributed by atoms with Gasteiger partial charge in [-0.1, -0.05) is 78.9 Å². The molecule has 0 aliphatic rings. The van der Waals surface area contributed by atoms with Gasteiger partial charge >= 0.3 is 0 Å². The van der Waals surface area contributed by atoms with Gasteiger partial charge < -0.3 is 5.32 Å². The molecule has 1 aromatic heterocycles. The molecule has 0 fully saturated rings. The van der Waals surface area contributed by atoms with Crippen LogP contribution in [0.5, 0.6) is 0 Å². The van der Waals surface area contributed by atoms with Crippen molar-refractivity contribution in [2.24, 2.45) is 0 Å². The minimum atomic E-state index is 0.589. The first kappa shape index (κ1) is 15.1. The number of hydrogen-bond acceptors (Lipinski definition) is 3. The highest BCUT2D eigenvalue weighted by molar-refractivity contribution is 5.70. The summed E-state index contributed by atoms with van der Waals surface area (Å²) in [5, 5.41) is 3.30. The summed E-state index contributed by atoms with van der Waals surface area (Å²) in [4.78, 5) is 9.40. The van der Waals surface area contributed by atoms with Gasteiger partial charge in [0.2, 0.25) is 5.95 Å². The Hall–Kier alpha value is -3.46. The minimum absolute atomic E-state index is 0.589. The summed E-state index contributed by atoms with van der Waals surface area (Å²) in [7, 11) is 0. The van der Waals surface area contributed by atoms with Crippen molar-refractivity contribution in [3.05, 3.63) is 97.1 Å². The van der Waals surface area contributed by atoms with Gasteiger partial charge in [-0.25, -0.2) is 9.97 Å². The van der Waals surface area contributed by atoms with Crippen LogP contribution in [-0.2, 0) is 0 Å². The number of aromatic nitrogens is 2. The highest BCUT2D eigenvalue weighted by Gasteiger charge is 2.08. The van der Waals surface area contributed by atoms with E-state index in [1.165, 1.54) is 0 Å². The number of benzene rings is 3. The Kier molecular flexibility index (Phi) is 4.21. The van der Waals surface area contributed by atoms with Gasteiger partial charge in [0.1, 0.15) is 0 Å². The number of nitrogens with one attached hydrogen (secondary N) is 1. The lowest BCUT2D eigenvalue weighted by Crippen LogP contribution is -2.00. The Labute approximate surface area is 147 Å². The molecule has 0 bridgehead atoms. The van der Waals surface area contributed by atoms with E-state index in [9.17, 15) is 0 Å². The van der Waals surface area contributed by atoms with Gasteiger partial charge in [-0.2, -0.15) is 0 Å². The number of para-hydroxylation sites is 1. The molecule has 4 rings (SSSR count). The SMILES string of the molecule is c1ccc(Nc2nc(-c3ccccc3)cc(-c3ccccc3)n2)cc1. The van der Waals surface area contributed by atoms with Crippen LogP contribution in [0.3, 0.4) is 0 Å². The van der Waals surface area contributed by atoms with Crippen LogP contribution in [-0.4, -0.2) is 9.97 Å². The Morgan fingerprint density at radius 3 is 1.44 bits per heavy atom. The number of nitrogens with zero attached hydrogens (tertiary/aromatic N) is 2. The van der Waals surface area contributed by atoms with Crippen molar-refractivity contribution in [3.8, 4) is 22.5 Å². The normalized spacial score (nSPS) is 10.4. The zero-order valence-electron chi connectivity index (χ0n) is 13.6. The molecule has 0 saturated carbocycles. The minimum Gasteiger partial charge on any atom is -0.324 e. The number of hydrogen-bond donors (Lipinski definition) is 1. The van der Waals surface area contributed by atoms with Crippen molar-refractivity contribution >= 4 is 11.6 Å². The van der Waals surface area contributed by atoms with Crippen LogP contribution in [0.4, 0.5) is 11.6 Å². The molecule has 0 unspecified atom stereocenters. The molecule has 1 N–H and O–H groups in total. The standard InChI is InChI=1S/C22H17N3/c1-4-10-17(11-5-1)20-16-21(18-12-6-2-7-13-18)25-22(24-20)23-19-14-8-3-9-15-19/h1-16H,(H,23,24,25). The molecule has 3 aromatic carbocycles. The summed E-state index contributed by atoms with van der Waals surface area (Å²) in [6, 6.07) is 32.3. The van der Waals surface area contributed by atoms with Gasteiger partial charge in [0, 0.05) is 16.8 Å². The van der Waals surface area contributed by atoms with Crippen molar-refractivity contribution in [2.75, 3.05) is 5.32 Å². The fourth-order valence-corrected chi connectivity index (χ4v) is 2.67. The zero-order valence-corrected chi connectivity index (χ0v) is 13.6. The predicted molar refractivity (Wildman–Crippen MR) is 103 cm³/mol. The van der Waals surface area contributed by atoms with E-state index in [1.807, 2.05) is 72.8 Å². The maximum atomic E-state index is 4.70. The van der Waals surface area contributed by atoms with E-state index in [4.69, 9.17) is 9.97 Å². The smallest absolute Gasteiger partial charge is 0.228 e. The van der Waals surface area contributed by atoms with E-state index in [-0.39, 0.29) is 0 Å². The second-order valence-electron chi connectivity index (χ2n) is 5.69. The predicted octanol–water partition coefficient (Wildman–Crippen LogP) is 5.55. The Morgan fingerprint density at radius 2 is 0.960 bits per heavy atom. The first-order chi connectivity index (χ1) is 12.4. The van der Waals surface area contributed by atoms with E-state index < -0.39 is 0 Å². The highest BCUT2D eigenvalue weighted by atomic mass is 15.1. The molecular formula is C22H17N3. The lowest BCUT2D eigenvalue weighted by Gasteiger charge is -2.10. The maximum absolute atomic E-state index is 4.70. The largest absolute Gasteiger partial charge is 0.324 e. The van der Waals surface area contributed by atoms with Crippen LogP contribution in [0.25, 0.3) is 22.5 Å². The summed E-state index contributed by atoms with van der Waals surface area (Å²) in [6.45, 7) is 0. The summed E-state index contributed by atoms with van der Waals surface area (Å²) >= 11 is 0. The molecule has 3 nitrogen and oxygen atoms in total. The number of rotatable bonds is 4. The molecular weight excluding hydrogens is 306 g/mol. The molecule has 4 aromatic rings. The average Bonchev–Trinajstić information content (AvgIpc) is 2.70. The molecule has 0 radical (unpaired) electrons. The van der Waals surface area contributed by atoms with Gasteiger partial charge in [-0.05, 0) is 18.2 Å². The van der Waals surface area contributed by atoms with Crippen LogP contribution in [0, 0.1) is 0 Å². The molecule has 0 spiro atoms.